The highest BCUT2D eigenvalue weighted by molar-refractivity contribution is 6.32. The zero-order chi connectivity index (χ0) is 18.8. The molecule has 0 fully saturated rings. The molecule has 0 bridgehead atoms. The number of hydrogen-bond acceptors (Lipinski definition) is 5. The van der Waals surface area contributed by atoms with Crippen molar-refractivity contribution < 1.29 is 0 Å². The summed E-state index contributed by atoms with van der Waals surface area (Å²) in [5.74, 6) is 1.00. The van der Waals surface area contributed by atoms with E-state index >= 15 is 0 Å². The molecule has 26 heavy (non-hydrogen) atoms. The highest BCUT2D eigenvalue weighted by atomic mass is 35.5. The van der Waals surface area contributed by atoms with Gasteiger partial charge in [0.1, 0.15) is 16.5 Å². The van der Waals surface area contributed by atoms with E-state index in [2.05, 4.69) is 44.2 Å². The number of hydrogen-bond donors (Lipinski definition) is 2. The van der Waals surface area contributed by atoms with Crippen molar-refractivity contribution >= 4 is 23.5 Å². The van der Waals surface area contributed by atoms with Crippen LogP contribution in [0.2, 0.25) is 5.02 Å². The van der Waals surface area contributed by atoms with Crippen LogP contribution in [-0.4, -0.2) is 30.8 Å². The fraction of sp³-hybridized carbons (Fsp3) is 0.294. The van der Waals surface area contributed by atoms with Gasteiger partial charge in [-0.05, 0) is 33.8 Å². The maximum absolute atomic E-state index is 11.4. The summed E-state index contributed by atoms with van der Waals surface area (Å²) in [5.41, 5.74) is 5.68. The van der Waals surface area contributed by atoms with Crippen LogP contribution in [0.5, 0.6) is 0 Å². The minimum absolute atomic E-state index is 0.0171. The fourth-order valence-electron chi connectivity index (χ4n) is 2.79. The summed E-state index contributed by atoms with van der Waals surface area (Å²) in [4.78, 5) is 11.4. The summed E-state index contributed by atoms with van der Waals surface area (Å²) in [6.07, 6.45) is 4.89. The molecule has 0 aliphatic rings. The van der Waals surface area contributed by atoms with Gasteiger partial charge in [-0.2, -0.15) is 15.3 Å². The van der Waals surface area contributed by atoms with E-state index in [9.17, 15) is 4.79 Å². The average molecular weight is 374 g/mol. The molecule has 0 radical (unpaired) electrons. The first-order valence-corrected chi connectivity index (χ1v) is 8.53. The first-order valence-electron chi connectivity index (χ1n) is 8.15. The molecule has 3 rings (SSSR count). The van der Waals surface area contributed by atoms with Crippen LogP contribution in [-0.2, 0) is 0 Å². The SMILES string of the molecule is Cc1cc(/C=N\Nc2cn[nH]c(=O)c2Cl)c(C)n1-c1ccnn1C(C)C. The summed E-state index contributed by atoms with van der Waals surface area (Å²) < 4.78 is 4.11. The number of nitrogens with one attached hydrogen (secondary N) is 2. The number of aromatic amines is 1. The third kappa shape index (κ3) is 3.28. The van der Waals surface area contributed by atoms with Gasteiger partial charge in [-0.1, -0.05) is 11.6 Å². The van der Waals surface area contributed by atoms with Crippen LogP contribution in [0.15, 0.2) is 34.4 Å². The quantitative estimate of drug-likeness (QED) is 0.531. The van der Waals surface area contributed by atoms with Gasteiger partial charge >= 0.3 is 0 Å². The summed E-state index contributed by atoms with van der Waals surface area (Å²) in [6.45, 7) is 8.24. The number of halogens is 1. The third-order valence-corrected chi connectivity index (χ3v) is 4.40. The Hall–Kier alpha value is -2.87. The third-order valence-electron chi connectivity index (χ3n) is 4.02. The van der Waals surface area contributed by atoms with Crippen LogP contribution in [0, 0.1) is 13.8 Å². The van der Waals surface area contributed by atoms with E-state index in [1.54, 1.807) is 12.4 Å². The van der Waals surface area contributed by atoms with Crippen LogP contribution >= 0.6 is 11.6 Å². The van der Waals surface area contributed by atoms with E-state index in [4.69, 9.17) is 11.6 Å². The van der Waals surface area contributed by atoms with Gasteiger partial charge in [0.05, 0.1) is 18.6 Å². The second-order valence-electron chi connectivity index (χ2n) is 6.19. The Balaban J connectivity index is 1.90. The van der Waals surface area contributed by atoms with Gasteiger partial charge < -0.3 is 4.57 Å². The van der Waals surface area contributed by atoms with Crippen molar-refractivity contribution in [2.75, 3.05) is 5.43 Å². The van der Waals surface area contributed by atoms with E-state index < -0.39 is 5.56 Å². The maximum atomic E-state index is 11.4. The molecule has 3 aromatic rings. The maximum Gasteiger partial charge on any atom is 0.285 e. The molecule has 0 spiro atoms. The van der Waals surface area contributed by atoms with E-state index in [1.165, 1.54) is 6.20 Å². The Morgan fingerprint density at radius 2 is 2.15 bits per heavy atom. The highest BCUT2D eigenvalue weighted by Crippen LogP contribution is 2.22. The number of anilines is 1. The van der Waals surface area contributed by atoms with Crippen LogP contribution in [0.4, 0.5) is 5.69 Å². The molecule has 3 aromatic heterocycles. The fourth-order valence-corrected chi connectivity index (χ4v) is 2.92. The summed E-state index contributed by atoms with van der Waals surface area (Å²) in [7, 11) is 0. The van der Waals surface area contributed by atoms with Gasteiger partial charge in [0.2, 0.25) is 0 Å². The zero-order valence-corrected chi connectivity index (χ0v) is 15.7. The van der Waals surface area contributed by atoms with Gasteiger partial charge in [-0.25, -0.2) is 9.78 Å². The summed E-state index contributed by atoms with van der Waals surface area (Å²) in [5, 5.41) is 14.5. The molecule has 0 aliphatic heterocycles. The van der Waals surface area contributed by atoms with Gasteiger partial charge in [-0.3, -0.25) is 10.2 Å². The number of aromatic nitrogens is 5. The van der Waals surface area contributed by atoms with Gasteiger partial charge in [-0.15, -0.1) is 0 Å². The van der Waals surface area contributed by atoms with Crippen molar-refractivity contribution in [3.63, 3.8) is 0 Å². The molecule has 0 aromatic carbocycles. The lowest BCUT2D eigenvalue weighted by Gasteiger charge is -2.15. The second kappa shape index (κ2) is 7.17. The second-order valence-corrected chi connectivity index (χ2v) is 6.56. The lowest BCUT2D eigenvalue weighted by atomic mass is 10.3. The number of H-pyrrole nitrogens is 1. The predicted octanol–water partition coefficient (Wildman–Crippen LogP) is 3.05. The van der Waals surface area contributed by atoms with Crippen LogP contribution in [0.25, 0.3) is 5.82 Å². The number of rotatable bonds is 5. The number of aryl methyl sites for hydroxylation is 1. The van der Waals surface area contributed by atoms with Crippen molar-refractivity contribution in [2.45, 2.75) is 33.7 Å². The Labute approximate surface area is 155 Å². The average Bonchev–Trinajstić information content (AvgIpc) is 3.16. The molecule has 0 aliphatic carbocycles. The minimum atomic E-state index is -0.466. The van der Waals surface area contributed by atoms with Crippen molar-refractivity contribution in [3.8, 4) is 5.82 Å². The predicted molar refractivity (Wildman–Crippen MR) is 102 cm³/mol. The largest absolute Gasteiger partial charge is 0.303 e. The first kappa shape index (κ1) is 17.9. The van der Waals surface area contributed by atoms with E-state index in [0.717, 1.165) is 22.8 Å². The monoisotopic (exact) mass is 373 g/mol. The van der Waals surface area contributed by atoms with Gasteiger partial charge in [0.25, 0.3) is 5.56 Å². The molecule has 0 saturated heterocycles. The van der Waals surface area contributed by atoms with Crippen molar-refractivity contribution in [3.05, 3.63) is 56.9 Å². The molecule has 136 valence electrons. The van der Waals surface area contributed by atoms with Crippen LogP contribution < -0.4 is 11.0 Å². The molecule has 3 heterocycles. The smallest absolute Gasteiger partial charge is 0.285 e. The van der Waals surface area contributed by atoms with Crippen molar-refractivity contribution in [1.82, 2.24) is 24.5 Å². The summed E-state index contributed by atoms with van der Waals surface area (Å²) in [6, 6.07) is 4.28. The lowest BCUT2D eigenvalue weighted by Crippen LogP contribution is -2.11. The zero-order valence-electron chi connectivity index (χ0n) is 15.0. The van der Waals surface area contributed by atoms with E-state index in [-0.39, 0.29) is 11.1 Å². The topological polar surface area (TPSA) is 92.9 Å². The molecular weight excluding hydrogens is 354 g/mol. The number of hydrazone groups is 1. The van der Waals surface area contributed by atoms with E-state index in [1.807, 2.05) is 30.7 Å². The molecule has 0 atom stereocenters. The molecule has 0 unspecified atom stereocenters. The standard InChI is InChI=1S/C17H20ClN7O/c1-10(2)25-15(5-6-21-25)24-11(3)7-13(12(24)4)8-19-22-14-9-20-23-17(26)16(14)18/h5-10H,1-4H3,(H2,22,23,26)/b19-8-. The number of nitrogens with zero attached hydrogens (tertiary/aromatic N) is 5. The normalized spacial score (nSPS) is 11.6. The molecule has 9 heteroatoms. The van der Waals surface area contributed by atoms with Crippen molar-refractivity contribution in [1.29, 1.82) is 0 Å². The van der Waals surface area contributed by atoms with Gasteiger partial charge in [0, 0.05) is 29.1 Å². The van der Waals surface area contributed by atoms with Crippen molar-refractivity contribution in [2.24, 2.45) is 5.10 Å². The molecule has 0 amide bonds. The Kier molecular flexibility index (Phi) is 4.94. The van der Waals surface area contributed by atoms with Crippen LogP contribution in [0.1, 0.15) is 36.8 Å². The Morgan fingerprint density at radius 1 is 1.38 bits per heavy atom. The summed E-state index contributed by atoms with van der Waals surface area (Å²) >= 11 is 5.92. The molecular formula is C17H20ClN7O. The van der Waals surface area contributed by atoms with Crippen LogP contribution in [0.3, 0.4) is 0 Å². The molecule has 2 N–H and O–H groups in total. The Bertz CT molecular complexity index is 1010. The molecule has 0 saturated carbocycles. The molecule has 8 nitrogen and oxygen atoms in total. The first-order chi connectivity index (χ1) is 12.4. The Morgan fingerprint density at radius 3 is 2.88 bits per heavy atom. The van der Waals surface area contributed by atoms with E-state index in [0.29, 0.717) is 5.69 Å². The minimum Gasteiger partial charge on any atom is -0.303 e. The highest BCUT2D eigenvalue weighted by Gasteiger charge is 2.14. The lowest BCUT2D eigenvalue weighted by molar-refractivity contribution is 0.519. The van der Waals surface area contributed by atoms with Gasteiger partial charge in [0.15, 0.2) is 0 Å².